The molecular formula is C43H69NO12. The lowest BCUT2D eigenvalue weighted by Crippen LogP contribution is -2.64. The summed E-state index contributed by atoms with van der Waals surface area (Å²) in [6.45, 7) is 11.3. The van der Waals surface area contributed by atoms with Gasteiger partial charge in [0, 0.05) is 52.0 Å². The van der Waals surface area contributed by atoms with Crippen LogP contribution in [-0.4, -0.2) is 126 Å². The average molecular weight is 792 g/mol. The van der Waals surface area contributed by atoms with E-state index >= 15 is 0 Å². The summed E-state index contributed by atoms with van der Waals surface area (Å²) < 4.78 is 29.7. The number of aliphatic hydroxyl groups is 3. The zero-order valence-electron chi connectivity index (χ0n) is 35.1. The Morgan fingerprint density at radius 3 is 2.21 bits per heavy atom. The van der Waals surface area contributed by atoms with Crippen molar-refractivity contribution in [1.29, 1.82) is 0 Å². The van der Waals surface area contributed by atoms with Gasteiger partial charge in [0.1, 0.15) is 24.0 Å². The van der Waals surface area contributed by atoms with Crippen LogP contribution >= 0.6 is 0 Å². The molecule has 4 rings (SSSR count). The van der Waals surface area contributed by atoms with Gasteiger partial charge in [-0.2, -0.15) is 0 Å². The number of ketones is 2. The maximum absolute atomic E-state index is 14.3. The van der Waals surface area contributed by atoms with E-state index in [1.807, 2.05) is 32.9 Å². The van der Waals surface area contributed by atoms with Crippen LogP contribution in [0.5, 0.6) is 0 Å². The third kappa shape index (κ3) is 10.7. The number of carbonyl (C=O) groups is 4. The van der Waals surface area contributed by atoms with Crippen molar-refractivity contribution < 1.29 is 58.2 Å². The third-order valence-electron chi connectivity index (χ3n) is 12.9. The van der Waals surface area contributed by atoms with E-state index in [0.717, 1.165) is 5.57 Å². The second-order valence-electron chi connectivity index (χ2n) is 17.2. The number of cyclic esters (lactones) is 1. The molecule has 3 aliphatic heterocycles. The number of amides is 1. The Morgan fingerprint density at radius 1 is 0.911 bits per heavy atom. The van der Waals surface area contributed by atoms with E-state index in [1.54, 1.807) is 21.0 Å². The summed E-state index contributed by atoms with van der Waals surface area (Å²) in [5.74, 6) is -7.50. The quantitative estimate of drug-likeness (QED) is 0.196. The molecule has 13 heteroatoms. The highest BCUT2D eigenvalue weighted by Crippen LogP contribution is 2.39. The molecule has 14 atom stereocenters. The SMILES string of the molecule is CC[C@@H]1/C=C(/C)C[C@H](C)CC(OC)[C@H]2O[C@@](O)(C(=O)C(=O)N3CCCC[C@H]3C(=O)OC(/C(C)=C/[C@@H]3CC[C@@H](O)[C@H](OC)C3)[C@H](C)[C@@H](O)CC1=O)[C@H](C)C[C@@H]2OC. The zero-order valence-corrected chi connectivity index (χ0v) is 35.1. The van der Waals surface area contributed by atoms with Gasteiger partial charge in [-0.15, -0.1) is 0 Å². The van der Waals surface area contributed by atoms with Crippen molar-refractivity contribution in [3.63, 3.8) is 0 Å². The summed E-state index contributed by atoms with van der Waals surface area (Å²) in [6.07, 6.45) is 3.72. The number of allylic oxidation sites excluding steroid dienone is 3. The van der Waals surface area contributed by atoms with Crippen molar-refractivity contribution in [2.24, 2.45) is 29.6 Å². The van der Waals surface area contributed by atoms with E-state index in [9.17, 15) is 34.5 Å². The van der Waals surface area contributed by atoms with Crippen LogP contribution < -0.4 is 0 Å². The second kappa shape index (κ2) is 20.4. The molecule has 1 aliphatic carbocycles. The second-order valence-corrected chi connectivity index (χ2v) is 17.2. The van der Waals surface area contributed by atoms with Gasteiger partial charge in [-0.1, -0.05) is 45.4 Å². The number of esters is 1. The van der Waals surface area contributed by atoms with Gasteiger partial charge in [0.15, 0.2) is 0 Å². The molecule has 1 saturated carbocycles. The summed E-state index contributed by atoms with van der Waals surface area (Å²) in [7, 11) is 4.63. The van der Waals surface area contributed by atoms with Crippen LogP contribution in [0.4, 0.5) is 0 Å². The number of hydrogen-bond acceptors (Lipinski definition) is 12. The summed E-state index contributed by atoms with van der Waals surface area (Å²) in [4.78, 5) is 57.6. The molecule has 1 amide bonds. The van der Waals surface area contributed by atoms with Gasteiger partial charge in [0.2, 0.25) is 5.79 Å². The van der Waals surface area contributed by atoms with E-state index < -0.39 is 83.9 Å². The Labute approximate surface area is 333 Å². The van der Waals surface area contributed by atoms with Crippen LogP contribution in [0.1, 0.15) is 112 Å². The molecule has 3 N–H and O–H groups in total. The lowest BCUT2D eigenvalue weighted by atomic mass is 9.81. The monoisotopic (exact) mass is 791 g/mol. The zero-order chi connectivity index (χ0) is 41.5. The van der Waals surface area contributed by atoms with Gasteiger partial charge in [-0.3, -0.25) is 14.4 Å². The first-order chi connectivity index (χ1) is 26.5. The average Bonchev–Trinajstić information content (AvgIpc) is 3.18. The molecule has 3 heterocycles. The summed E-state index contributed by atoms with van der Waals surface area (Å²) >= 11 is 0. The minimum Gasteiger partial charge on any atom is -0.456 e. The molecule has 13 nitrogen and oxygen atoms in total. The van der Waals surface area contributed by atoms with Crippen LogP contribution in [0.15, 0.2) is 23.3 Å². The maximum atomic E-state index is 14.3. The van der Waals surface area contributed by atoms with Crippen LogP contribution in [0.25, 0.3) is 0 Å². The molecule has 0 radical (unpaired) electrons. The lowest BCUT2D eigenvalue weighted by Gasteiger charge is -2.47. The number of fused-ring (bicyclic) bond motifs is 3. The molecule has 318 valence electrons. The minimum atomic E-state index is -2.50. The Morgan fingerprint density at radius 2 is 1.57 bits per heavy atom. The van der Waals surface area contributed by atoms with Crippen LogP contribution in [-0.2, 0) is 42.9 Å². The topological polar surface area (TPSA) is 178 Å². The Kier molecular flexibility index (Phi) is 16.9. The van der Waals surface area contributed by atoms with Crippen molar-refractivity contribution in [1.82, 2.24) is 4.90 Å². The predicted octanol–water partition coefficient (Wildman–Crippen LogP) is 4.47. The van der Waals surface area contributed by atoms with Crippen LogP contribution in [0.2, 0.25) is 0 Å². The van der Waals surface area contributed by atoms with Crippen molar-refractivity contribution in [2.75, 3.05) is 27.9 Å². The smallest absolute Gasteiger partial charge is 0.329 e. The summed E-state index contributed by atoms with van der Waals surface area (Å²) in [5, 5.41) is 34.1. The lowest BCUT2D eigenvalue weighted by molar-refractivity contribution is -0.302. The first kappa shape index (κ1) is 46.2. The third-order valence-corrected chi connectivity index (χ3v) is 12.9. The molecule has 2 unspecified atom stereocenters. The fourth-order valence-electron chi connectivity index (χ4n) is 9.39. The number of nitrogens with zero attached hydrogens (tertiary/aromatic N) is 1. The molecule has 0 aromatic rings. The Balaban J connectivity index is 1.76. The van der Waals surface area contributed by atoms with Gasteiger partial charge >= 0.3 is 5.97 Å². The number of Topliss-reactive ketones (excluding diaryl/α,β-unsaturated/α-hetero) is 2. The largest absolute Gasteiger partial charge is 0.456 e. The molecule has 2 saturated heterocycles. The number of methoxy groups -OCH3 is 3. The van der Waals surface area contributed by atoms with Crippen LogP contribution in [0.3, 0.4) is 0 Å². The number of aliphatic hydroxyl groups excluding tert-OH is 2. The van der Waals surface area contributed by atoms with Gasteiger partial charge in [-0.05, 0) is 95.5 Å². The first-order valence-corrected chi connectivity index (χ1v) is 20.8. The molecule has 3 fully saturated rings. The van der Waals surface area contributed by atoms with Gasteiger partial charge in [0.25, 0.3) is 11.7 Å². The van der Waals surface area contributed by atoms with E-state index in [1.165, 1.54) is 19.1 Å². The number of ether oxygens (including phenoxy) is 5. The predicted molar refractivity (Wildman–Crippen MR) is 208 cm³/mol. The highest BCUT2D eigenvalue weighted by Gasteiger charge is 2.56. The van der Waals surface area contributed by atoms with Gasteiger partial charge in [0.05, 0.1) is 30.5 Å². The molecular weight excluding hydrogens is 722 g/mol. The molecule has 0 spiro atoms. The number of rotatable bonds is 6. The van der Waals surface area contributed by atoms with Gasteiger partial charge in [-0.25, -0.2) is 4.79 Å². The van der Waals surface area contributed by atoms with Crippen molar-refractivity contribution >= 4 is 23.4 Å². The van der Waals surface area contributed by atoms with Crippen molar-refractivity contribution in [3.8, 4) is 0 Å². The molecule has 56 heavy (non-hydrogen) atoms. The van der Waals surface area contributed by atoms with E-state index in [2.05, 4.69) is 6.92 Å². The van der Waals surface area contributed by atoms with E-state index in [4.69, 9.17) is 23.7 Å². The molecule has 0 aromatic heterocycles. The van der Waals surface area contributed by atoms with E-state index in [-0.39, 0.29) is 49.5 Å². The summed E-state index contributed by atoms with van der Waals surface area (Å²) in [5.41, 5.74) is 1.66. The Bertz CT molecular complexity index is 1430. The van der Waals surface area contributed by atoms with Crippen LogP contribution in [0, 0.1) is 29.6 Å². The normalized spacial score (nSPS) is 41.6. The maximum Gasteiger partial charge on any atom is 0.329 e. The highest BCUT2D eigenvalue weighted by atomic mass is 16.7. The minimum absolute atomic E-state index is 0.000914. The number of hydrogen-bond donors (Lipinski definition) is 3. The first-order valence-electron chi connectivity index (χ1n) is 20.8. The fraction of sp³-hybridized carbons (Fsp3) is 0.814. The van der Waals surface area contributed by atoms with Gasteiger partial charge < -0.3 is 43.9 Å². The van der Waals surface area contributed by atoms with Crippen molar-refractivity contribution in [3.05, 3.63) is 23.3 Å². The molecule has 2 bridgehead atoms. The highest BCUT2D eigenvalue weighted by molar-refractivity contribution is 6.39. The van der Waals surface area contributed by atoms with E-state index in [0.29, 0.717) is 56.9 Å². The summed E-state index contributed by atoms with van der Waals surface area (Å²) in [6, 6.07) is -1.13. The molecule has 0 aromatic carbocycles. The Hall–Kier alpha value is -2.52. The standard InChI is InChI=1S/C43H69NO12/c1-10-30-18-24(2)17-25(3)19-36(53-8)39-37(54-9)21-27(5)43(51,56-39)40(48)41(49)44-16-12-11-13-31(44)42(50)55-38(28(6)33(46)23-34(30)47)26(4)20-29-14-15-32(45)35(22-29)52-7/h18,20,25,27-33,35-39,45-46,51H,10-17,19,21-23H2,1-9H3/b24-18-,26-20+/t25-,27+,28+,29-,30+,31-,32+,33-,35+,36?,37-,38?,39+,43+/m0/s1. The number of piperidine rings is 1. The van der Waals surface area contributed by atoms with Crippen molar-refractivity contribution in [2.45, 2.75) is 167 Å². The number of carbonyl (C=O) groups excluding carboxylic acids is 4. The fourth-order valence-corrected chi connectivity index (χ4v) is 9.39. The molecule has 4 aliphatic rings.